The van der Waals surface area contributed by atoms with Crippen LogP contribution in [0.15, 0.2) is 0 Å². The van der Waals surface area contributed by atoms with Crippen LogP contribution in [0.25, 0.3) is 0 Å². The lowest BCUT2D eigenvalue weighted by atomic mass is 9.78. The summed E-state index contributed by atoms with van der Waals surface area (Å²) in [5.41, 5.74) is 0. The minimum absolute atomic E-state index is 0.338. The predicted molar refractivity (Wildman–Crippen MR) is 64.2 cm³/mol. The fourth-order valence-electron chi connectivity index (χ4n) is 5.71. The minimum atomic E-state index is -0.374. The monoisotopic (exact) mass is 250 g/mol. The molecule has 18 heavy (non-hydrogen) atoms. The Morgan fingerprint density at radius 2 is 1.72 bits per heavy atom. The molecule has 1 aliphatic heterocycles. The summed E-state index contributed by atoms with van der Waals surface area (Å²) < 4.78 is 6.56. The molecule has 0 aromatic carbocycles. The molecule has 2 spiro atoms. The van der Waals surface area contributed by atoms with Crippen molar-refractivity contribution in [2.45, 2.75) is 69.4 Å². The molecule has 6 fully saturated rings. The summed E-state index contributed by atoms with van der Waals surface area (Å²) in [6.07, 6.45) is 11.2. The van der Waals surface area contributed by atoms with E-state index in [1.807, 2.05) is 0 Å². The normalized spacial score (nSPS) is 56.0. The summed E-state index contributed by atoms with van der Waals surface area (Å²) in [5.74, 6) is 2.34. The molecule has 3 heteroatoms. The van der Waals surface area contributed by atoms with Gasteiger partial charge in [-0.15, -0.1) is 0 Å². The third-order valence-corrected chi connectivity index (χ3v) is 6.37. The average molecular weight is 250 g/mol. The second kappa shape index (κ2) is 3.31. The standard InChI is InChI=1S/C15H22O3/c1-2-4-14(5-3-1)16-15(18-17-14)12-7-10-6-11(9-12)13(15)8-10/h10-13H,1-9H2. The van der Waals surface area contributed by atoms with Crippen LogP contribution in [-0.2, 0) is 14.5 Å². The van der Waals surface area contributed by atoms with Crippen molar-refractivity contribution in [1.82, 2.24) is 0 Å². The Kier molecular flexibility index (Phi) is 1.95. The number of ether oxygens (including phenoxy) is 1. The maximum Gasteiger partial charge on any atom is 0.210 e. The van der Waals surface area contributed by atoms with Gasteiger partial charge in [-0.1, -0.05) is 6.42 Å². The van der Waals surface area contributed by atoms with Crippen LogP contribution in [0, 0.1) is 23.7 Å². The second-order valence-corrected chi connectivity index (χ2v) is 7.33. The highest BCUT2D eigenvalue weighted by molar-refractivity contribution is 5.10. The van der Waals surface area contributed by atoms with Gasteiger partial charge < -0.3 is 4.74 Å². The Bertz CT molecular complexity index is 372. The van der Waals surface area contributed by atoms with Gasteiger partial charge >= 0.3 is 0 Å². The third kappa shape index (κ3) is 1.17. The Morgan fingerprint density at radius 3 is 2.56 bits per heavy atom. The van der Waals surface area contributed by atoms with Crippen LogP contribution >= 0.6 is 0 Å². The first-order valence-electron chi connectivity index (χ1n) is 7.87. The van der Waals surface area contributed by atoms with Crippen LogP contribution in [0.3, 0.4) is 0 Å². The van der Waals surface area contributed by atoms with Gasteiger partial charge in [0.1, 0.15) is 0 Å². The summed E-state index contributed by atoms with van der Waals surface area (Å²) in [4.78, 5) is 11.7. The van der Waals surface area contributed by atoms with Gasteiger partial charge in [-0.2, -0.15) is 9.78 Å². The summed E-state index contributed by atoms with van der Waals surface area (Å²) in [6.45, 7) is 0. The fraction of sp³-hybridized carbons (Fsp3) is 1.00. The van der Waals surface area contributed by atoms with Crippen molar-refractivity contribution in [2.75, 3.05) is 0 Å². The van der Waals surface area contributed by atoms with E-state index in [2.05, 4.69) is 0 Å². The van der Waals surface area contributed by atoms with E-state index in [4.69, 9.17) is 14.5 Å². The molecule has 4 bridgehead atoms. The van der Waals surface area contributed by atoms with Crippen LogP contribution in [0.1, 0.15) is 57.8 Å². The number of hydrogen-bond donors (Lipinski definition) is 0. The van der Waals surface area contributed by atoms with Gasteiger partial charge in [-0.25, -0.2) is 0 Å². The average Bonchev–Trinajstić information content (AvgIpc) is 2.95. The van der Waals surface area contributed by atoms with E-state index in [0.29, 0.717) is 11.8 Å². The molecule has 0 aromatic heterocycles. The van der Waals surface area contributed by atoms with E-state index in [1.165, 1.54) is 44.9 Å². The Balaban J connectivity index is 1.48. The van der Waals surface area contributed by atoms with Crippen LogP contribution in [0.4, 0.5) is 0 Å². The van der Waals surface area contributed by atoms with Gasteiger partial charge in [0.05, 0.1) is 0 Å². The first-order valence-corrected chi connectivity index (χ1v) is 7.87. The lowest BCUT2D eigenvalue weighted by molar-refractivity contribution is -0.370. The second-order valence-electron chi connectivity index (χ2n) is 7.33. The van der Waals surface area contributed by atoms with Gasteiger partial charge in [-0.3, -0.25) is 0 Å². The van der Waals surface area contributed by atoms with Crippen molar-refractivity contribution in [3.05, 3.63) is 0 Å². The third-order valence-electron chi connectivity index (χ3n) is 6.37. The molecule has 6 aliphatic rings. The molecule has 5 saturated carbocycles. The topological polar surface area (TPSA) is 27.7 Å². The van der Waals surface area contributed by atoms with Crippen molar-refractivity contribution in [3.8, 4) is 0 Å². The zero-order valence-electron chi connectivity index (χ0n) is 10.9. The first kappa shape index (κ1) is 10.6. The molecule has 0 aromatic rings. The van der Waals surface area contributed by atoms with Crippen molar-refractivity contribution in [3.63, 3.8) is 0 Å². The van der Waals surface area contributed by atoms with Crippen LogP contribution < -0.4 is 0 Å². The molecule has 6 rings (SSSR count). The number of hydrogen-bond acceptors (Lipinski definition) is 3. The minimum Gasteiger partial charge on any atom is -0.312 e. The Morgan fingerprint density at radius 1 is 0.833 bits per heavy atom. The summed E-state index contributed by atoms with van der Waals surface area (Å²) in [5, 5.41) is 0. The molecule has 0 radical (unpaired) electrons. The van der Waals surface area contributed by atoms with Gasteiger partial charge in [0, 0.05) is 24.7 Å². The molecule has 5 aliphatic carbocycles. The van der Waals surface area contributed by atoms with Crippen molar-refractivity contribution < 1.29 is 14.5 Å². The molecule has 0 amide bonds. The van der Waals surface area contributed by atoms with Crippen LogP contribution in [0.5, 0.6) is 0 Å². The van der Waals surface area contributed by atoms with Gasteiger partial charge in [-0.05, 0) is 50.4 Å². The highest BCUT2D eigenvalue weighted by Gasteiger charge is 2.70. The quantitative estimate of drug-likeness (QED) is 0.617. The van der Waals surface area contributed by atoms with Crippen molar-refractivity contribution in [2.24, 2.45) is 23.7 Å². The highest BCUT2D eigenvalue weighted by Crippen LogP contribution is 2.67. The van der Waals surface area contributed by atoms with E-state index in [9.17, 15) is 0 Å². The summed E-state index contributed by atoms with van der Waals surface area (Å²) >= 11 is 0. The van der Waals surface area contributed by atoms with Crippen molar-refractivity contribution >= 4 is 0 Å². The van der Waals surface area contributed by atoms with E-state index in [-0.39, 0.29) is 11.6 Å². The maximum atomic E-state index is 6.56. The molecular formula is C15H22O3. The zero-order valence-corrected chi connectivity index (χ0v) is 10.9. The van der Waals surface area contributed by atoms with Crippen LogP contribution in [-0.4, -0.2) is 11.6 Å². The smallest absolute Gasteiger partial charge is 0.210 e. The first-order chi connectivity index (χ1) is 8.80. The SMILES string of the molecule is C1CCC2(CC1)OOC1(O2)C2CC3CC(C2)C1C3. The largest absolute Gasteiger partial charge is 0.312 e. The van der Waals surface area contributed by atoms with E-state index in [1.54, 1.807) is 0 Å². The molecule has 5 unspecified atom stereocenters. The fourth-order valence-corrected chi connectivity index (χ4v) is 5.71. The maximum absolute atomic E-state index is 6.56. The highest BCUT2D eigenvalue weighted by atomic mass is 17.3. The lowest BCUT2D eigenvalue weighted by Crippen LogP contribution is -2.47. The van der Waals surface area contributed by atoms with Gasteiger partial charge in [0.15, 0.2) is 0 Å². The van der Waals surface area contributed by atoms with Gasteiger partial charge in [0.25, 0.3) is 0 Å². The molecule has 1 saturated heterocycles. The van der Waals surface area contributed by atoms with Crippen LogP contribution in [0.2, 0.25) is 0 Å². The molecule has 0 N–H and O–H groups in total. The Hall–Kier alpha value is -0.120. The van der Waals surface area contributed by atoms with E-state index < -0.39 is 0 Å². The number of rotatable bonds is 0. The van der Waals surface area contributed by atoms with Crippen molar-refractivity contribution in [1.29, 1.82) is 0 Å². The zero-order chi connectivity index (χ0) is 11.8. The summed E-state index contributed by atoms with van der Waals surface area (Å²) in [7, 11) is 0. The van der Waals surface area contributed by atoms with Gasteiger partial charge in [0.2, 0.25) is 11.6 Å². The lowest BCUT2D eigenvalue weighted by Gasteiger charge is -2.39. The predicted octanol–water partition coefficient (Wildman–Crippen LogP) is 3.39. The molecule has 5 atom stereocenters. The molecule has 3 nitrogen and oxygen atoms in total. The molecular weight excluding hydrogens is 228 g/mol. The molecule has 1 heterocycles. The summed E-state index contributed by atoms with van der Waals surface area (Å²) in [6, 6.07) is 0. The Labute approximate surface area is 108 Å². The molecule has 100 valence electrons. The van der Waals surface area contributed by atoms with E-state index >= 15 is 0 Å². The van der Waals surface area contributed by atoms with E-state index in [0.717, 1.165) is 24.7 Å².